The van der Waals surface area contributed by atoms with Gasteiger partial charge < -0.3 is 9.84 Å². The Balaban J connectivity index is 1.37. The third-order valence-electron chi connectivity index (χ3n) is 6.35. The van der Waals surface area contributed by atoms with Gasteiger partial charge in [0.05, 0.1) is 23.2 Å². The fourth-order valence-electron chi connectivity index (χ4n) is 4.30. The van der Waals surface area contributed by atoms with Crippen molar-refractivity contribution in [1.82, 2.24) is 29.7 Å². The molecule has 6 rings (SSSR count). The predicted octanol–water partition coefficient (Wildman–Crippen LogP) is 6.09. The number of carboxylic acids is 1. The maximum absolute atomic E-state index is 11.3. The van der Waals surface area contributed by atoms with Gasteiger partial charge in [-0.3, -0.25) is 9.97 Å². The second kappa shape index (κ2) is 10.7. The number of pyridine rings is 1. The third-order valence-corrected chi connectivity index (χ3v) is 6.35. The average molecular weight is 529 g/mol. The molecular formula is C31H24N6O3. The number of hydrogen-bond donors (Lipinski definition) is 1. The molecule has 0 saturated heterocycles. The summed E-state index contributed by atoms with van der Waals surface area (Å²) in [6.45, 7) is 2.78. The molecule has 196 valence electrons. The van der Waals surface area contributed by atoms with Crippen LogP contribution in [0.1, 0.15) is 23.7 Å². The lowest BCUT2D eigenvalue weighted by Crippen LogP contribution is -2.04. The second-order valence-corrected chi connectivity index (χ2v) is 9.09. The van der Waals surface area contributed by atoms with Crippen LogP contribution >= 0.6 is 0 Å². The van der Waals surface area contributed by atoms with Crippen LogP contribution in [0.4, 0.5) is 0 Å². The number of carbonyl (C=O) groups is 1. The highest BCUT2D eigenvalue weighted by molar-refractivity contribution is 5.87. The molecule has 0 saturated carbocycles. The first-order valence-corrected chi connectivity index (χ1v) is 12.8. The van der Waals surface area contributed by atoms with Gasteiger partial charge in [-0.05, 0) is 60.0 Å². The lowest BCUT2D eigenvalue weighted by Gasteiger charge is -2.06. The molecule has 0 radical (unpaired) electrons. The topological polar surface area (TPSA) is 116 Å². The highest BCUT2D eigenvalue weighted by Gasteiger charge is 2.17. The van der Waals surface area contributed by atoms with E-state index in [0.717, 1.165) is 45.5 Å². The van der Waals surface area contributed by atoms with Crippen LogP contribution in [0.25, 0.3) is 50.8 Å². The van der Waals surface area contributed by atoms with Gasteiger partial charge in [-0.25, -0.2) is 14.8 Å². The zero-order valence-corrected chi connectivity index (χ0v) is 21.6. The van der Waals surface area contributed by atoms with E-state index >= 15 is 0 Å². The van der Waals surface area contributed by atoms with Crippen LogP contribution in [0.2, 0.25) is 0 Å². The van der Waals surface area contributed by atoms with Crippen molar-refractivity contribution in [2.24, 2.45) is 0 Å². The molecule has 9 nitrogen and oxygen atoms in total. The van der Waals surface area contributed by atoms with E-state index in [2.05, 4.69) is 21.9 Å². The molecule has 0 spiro atoms. The van der Waals surface area contributed by atoms with Gasteiger partial charge >= 0.3 is 5.97 Å². The highest BCUT2D eigenvalue weighted by atomic mass is 16.5. The number of nitrogens with zero attached hydrogens (tertiary/aromatic N) is 6. The van der Waals surface area contributed by atoms with Gasteiger partial charge in [-0.15, -0.1) is 5.10 Å². The van der Waals surface area contributed by atoms with Crippen LogP contribution in [0.3, 0.4) is 0 Å². The molecule has 0 unspecified atom stereocenters. The summed E-state index contributed by atoms with van der Waals surface area (Å²) >= 11 is 0. The number of ether oxygens (including phenoxy) is 1. The molecule has 9 heteroatoms. The molecule has 0 bridgehead atoms. The molecule has 0 amide bonds. The molecule has 40 heavy (non-hydrogen) atoms. The number of benzene rings is 3. The van der Waals surface area contributed by atoms with Crippen molar-refractivity contribution in [2.75, 3.05) is 6.61 Å². The second-order valence-electron chi connectivity index (χ2n) is 9.09. The number of aromatic carboxylic acids is 1. The van der Waals surface area contributed by atoms with Crippen molar-refractivity contribution >= 4 is 17.0 Å². The lowest BCUT2D eigenvalue weighted by atomic mass is 10.0. The van der Waals surface area contributed by atoms with E-state index in [4.69, 9.17) is 14.8 Å². The van der Waals surface area contributed by atoms with E-state index in [1.807, 2.05) is 66.7 Å². The summed E-state index contributed by atoms with van der Waals surface area (Å²) in [6.07, 6.45) is 5.56. The zero-order valence-electron chi connectivity index (χ0n) is 21.6. The van der Waals surface area contributed by atoms with Crippen LogP contribution in [0, 0.1) is 0 Å². The Labute approximate surface area is 229 Å². The molecule has 1 N–H and O–H groups in total. The molecule has 3 aromatic heterocycles. The summed E-state index contributed by atoms with van der Waals surface area (Å²) in [4.78, 5) is 29.3. The van der Waals surface area contributed by atoms with Crippen molar-refractivity contribution < 1.29 is 14.6 Å². The smallest absolute Gasteiger partial charge is 0.337 e. The summed E-state index contributed by atoms with van der Waals surface area (Å²) in [5.41, 5.74) is 5.32. The van der Waals surface area contributed by atoms with E-state index in [9.17, 15) is 9.90 Å². The monoisotopic (exact) mass is 528 g/mol. The van der Waals surface area contributed by atoms with Gasteiger partial charge in [0.15, 0.2) is 17.5 Å². The maximum atomic E-state index is 11.3. The Kier molecular flexibility index (Phi) is 6.68. The van der Waals surface area contributed by atoms with Gasteiger partial charge in [0.25, 0.3) is 0 Å². The van der Waals surface area contributed by atoms with Crippen LogP contribution in [0.5, 0.6) is 5.75 Å². The molecule has 0 aliphatic heterocycles. The van der Waals surface area contributed by atoms with Crippen molar-refractivity contribution in [3.05, 3.63) is 103 Å². The standard InChI is InChI=1S/C31H24N6O3/c1-2-17-40-25-11-7-21(8-12-25)20-3-5-22(6-4-20)29-35-30(23-9-13-26-27(18-23)33-16-15-32-26)37(36-29)28-14-10-24(19-34-28)31(38)39/h3-16,18-19H,2,17H2,1H3,(H,38,39). The minimum absolute atomic E-state index is 0.0900. The molecule has 0 aliphatic carbocycles. The van der Waals surface area contributed by atoms with Crippen LogP contribution < -0.4 is 4.74 Å². The molecule has 0 aliphatic rings. The van der Waals surface area contributed by atoms with E-state index in [-0.39, 0.29) is 5.56 Å². The first-order chi connectivity index (χ1) is 19.6. The molecular weight excluding hydrogens is 504 g/mol. The minimum atomic E-state index is -1.05. The average Bonchev–Trinajstić information content (AvgIpc) is 3.46. The molecule has 3 aromatic carbocycles. The van der Waals surface area contributed by atoms with Crippen LogP contribution in [-0.4, -0.2) is 47.4 Å². The van der Waals surface area contributed by atoms with Gasteiger partial charge in [0.2, 0.25) is 0 Å². The van der Waals surface area contributed by atoms with Crippen LogP contribution in [-0.2, 0) is 0 Å². The number of aromatic nitrogens is 6. The Morgan fingerprint density at radius 1 is 0.800 bits per heavy atom. The summed E-state index contributed by atoms with van der Waals surface area (Å²) < 4.78 is 7.30. The van der Waals surface area contributed by atoms with Crippen molar-refractivity contribution in [1.29, 1.82) is 0 Å². The molecule has 0 atom stereocenters. The maximum Gasteiger partial charge on any atom is 0.337 e. The number of carboxylic acid groups (broad SMARTS) is 1. The normalized spacial score (nSPS) is 11.0. The van der Waals surface area contributed by atoms with Crippen molar-refractivity contribution in [2.45, 2.75) is 13.3 Å². The fourth-order valence-corrected chi connectivity index (χ4v) is 4.30. The van der Waals surface area contributed by atoms with E-state index in [1.54, 1.807) is 23.1 Å². The summed E-state index contributed by atoms with van der Waals surface area (Å²) in [5.74, 6) is 1.31. The third kappa shape index (κ3) is 5.00. The number of fused-ring (bicyclic) bond motifs is 1. The number of hydrogen-bond acceptors (Lipinski definition) is 7. The van der Waals surface area contributed by atoms with E-state index in [1.165, 1.54) is 12.3 Å². The number of rotatable bonds is 8. The van der Waals surface area contributed by atoms with Crippen LogP contribution in [0.15, 0.2) is 97.5 Å². The Morgan fingerprint density at radius 2 is 1.48 bits per heavy atom. The highest BCUT2D eigenvalue weighted by Crippen LogP contribution is 2.29. The summed E-state index contributed by atoms with van der Waals surface area (Å²) in [7, 11) is 0. The van der Waals surface area contributed by atoms with Crippen molar-refractivity contribution in [3.63, 3.8) is 0 Å². The Hall–Kier alpha value is -5.44. The quantitative estimate of drug-likeness (QED) is 0.252. The summed E-state index contributed by atoms with van der Waals surface area (Å²) in [5, 5.41) is 14.1. The SMILES string of the molecule is CCCOc1ccc(-c2ccc(-c3nc(-c4ccc5nccnc5c4)n(-c4ccc(C(=O)O)cn4)n3)cc2)cc1. The van der Waals surface area contributed by atoms with Gasteiger partial charge in [0, 0.05) is 29.7 Å². The molecule has 0 fully saturated rings. The van der Waals surface area contributed by atoms with Crippen molar-refractivity contribution in [3.8, 4) is 45.5 Å². The van der Waals surface area contributed by atoms with Gasteiger partial charge in [-0.1, -0.05) is 43.3 Å². The van der Waals surface area contributed by atoms with E-state index < -0.39 is 5.97 Å². The summed E-state index contributed by atoms with van der Waals surface area (Å²) in [6, 6.07) is 24.9. The predicted molar refractivity (Wildman–Crippen MR) is 151 cm³/mol. The fraction of sp³-hybridized carbons (Fsp3) is 0.0968. The Bertz CT molecular complexity index is 1800. The molecule has 6 aromatic rings. The van der Waals surface area contributed by atoms with Gasteiger partial charge in [0.1, 0.15) is 5.75 Å². The van der Waals surface area contributed by atoms with Gasteiger partial charge in [-0.2, -0.15) is 4.68 Å². The van der Waals surface area contributed by atoms with E-state index in [0.29, 0.717) is 24.1 Å². The zero-order chi connectivity index (χ0) is 27.5. The lowest BCUT2D eigenvalue weighted by molar-refractivity contribution is 0.0696. The first-order valence-electron chi connectivity index (χ1n) is 12.8. The largest absolute Gasteiger partial charge is 0.494 e. The first kappa shape index (κ1) is 24.9. The minimum Gasteiger partial charge on any atom is -0.494 e. The Morgan fingerprint density at radius 3 is 2.15 bits per heavy atom. The molecule has 3 heterocycles.